The van der Waals surface area contributed by atoms with Crippen LogP contribution in [0.2, 0.25) is 0 Å². The van der Waals surface area contributed by atoms with Crippen molar-refractivity contribution in [3.8, 4) is 0 Å². The Morgan fingerprint density at radius 2 is 1.38 bits per heavy atom. The Hall–Kier alpha value is -0.850. The lowest BCUT2D eigenvalue weighted by Crippen LogP contribution is -1.96. The molecule has 1 aromatic rings. The van der Waals surface area contributed by atoms with Crippen LogP contribution in [0.1, 0.15) is 35.1 Å². The maximum Gasteiger partial charge on any atom is 0.130 e. The molecule has 0 fully saturated rings. The second-order valence-corrected chi connectivity index (χ2v) is 4.17. The molecule has 0 N–H and O–H groups in total. The normalized spacial score (nSPS) is 18.8. The van der Waals surface area contributed by atoms with E-state index < -0.39 is 0 Å². The number of fused-ring (bicyclic) bond motifs is 2. The fourth-order valence-corrected chi connectivity index (χ4v) is 2.75. The molecule has 0 bridgehead atoms. The van der Waals surface area contributed by atoms with Gasteiger partial charge in [-0.1, -0.05) is 6.07 Å². The number of benzene rings is 1. The van der Waals surface area contributed by atoms with Gasteiger partial charge in [-0.3, -0.25) is 0 Å². The zero-order valence-corrected chi connectivity index (χ0v) is 7.70. The third-order valence-electron chi connectivity index (χ3n) is 3.40. The Labute approximate surface area is 77.8 Å². The van der Waals surface area contributed by atoms with E-state index in [2.05, 4.69) is 6.07 Å². The van der Waals surface area contributed by atoms with Crippen LogP contribution >= 0.6 is 0 Å². The van der Waals surface area contributed by atoms with E-state index in [-0.39, 0.29) is 5.82 Å². The van der Waals surface area contributed by atoms with E-state index in [1.54, 1.807) is 0 Å². The number of hydrogen-bond donors (Lipinski definition) is 0. The van der Waals surface area contributed by atoms with E-state index in [1.165, 1.54) is 11.1 Å². The standard InChI is InChI=1S/C12H13F/c13-12-10-5-1-3-8(10)7-9-4-2-6-11(9)12/h7H,1-6H2. The zero-order valence-electron chi connectivity index (χ0n) is 7.70. The molecule has 0 saturated carbocycles. The van der Waals surface area contributed by atoms with Crippen molar-refractivity contribution in [2.24, 2.45) is 0 Å². The van der Waals surface area contributed by atoms with Gasteiger partial charge in [0.15, 0.2) is 0 Å². The van der Waals surface area contributed by atoms with Crippen LogP contribution in [0, 0.1) is 5.82 Å². The van der Waals surface area contributed by atoms with Gasteiger partial charge < -0.3 is 0 Å². The van der Waals surface area contributed by atoms with Gasteiger partial charge >= 0.3 is 0 Å². The van der Waals surface area contributed by atoms with Crippen LogP contribution in [0.25, 0.3) is 0 Å². The highest BCUT2D eigenvalue weighted by Crippen LogP contribution is 2.33. The Balaban J connectivity index is 2.26. The number of rotatable bonds is 0. The summed E-state index contributed by atoms with van der Waals surface area (Å²) in [5.41, 5.74) is 4.64. The molecule has 0 radical (unpaired) electrons. The van der Waals surface area contributed by atoms with Crippen LogP contribution in [0.5, 0.6) is 0 Å². The number of aryl methyl sites for hydroxylation is 2. The summed E-state index contributed by atoms with van der Waals surface area (Å²) < 4.78 is 13.9. The Morgan fingerprint density at radius 3 is 1.92 bits per heavy atom. The van der Waals surface area contributed by atoms with Gasteiger partial charge in [-0.2, -0.15) is 0 Å². The van der Waals surface area contributed by atoms with Gasteiger partial charge in [0.25, 0.3) is 0 Å². The Kier molecular flexibility index (Phi) is 1.49. The van der Waals surface area contributed by atoms with E-state index in [4.69, 9.17) is 0 Å². The van der Waals surface area contributed by atoms with Crippen molar-refractivity contribution in [2.45, 2.75) is 38.5 Å². The summed E-state index contributed by atoms with van der Waals surface area (Å²) in [6, 6.07) is 2.26. The highest BCUT2D eigenvalue weighted by atomic mass is 19.1. The minimum atomic E-state index is 0.141. The summed E-state index contributed by atoms with van der Waals surface area (Å²) in [4.78, 5) is 0. The monoisotopic (exact) mass is 176 g/mol. The average molecular weight is 176 g/mol. The van der Waals surface area contributed by atoms with Crippen LogP contribution in [0.15, 0.2) is 6.07 Å². The SMILES string of the molecule is Fc1c2c(cc3c1CCC3)CCC2. The predicted molar refractivity (Wildman–Crippen MR) is 50.5 cm³/mol. The van der Waals surface area contributed by atoms with Crippen LogP contribution in [0.4, 0.5) is 4.39 Å². The summed E-state index contributed by atoms with van der Waals surface area (Å²) >= 11 is 0. The maximum atomic E-state index is 13.9. The zero-order chi connectivity index (χ0) is 8.84. The molecule has 0 amide bonds. The van der Waals surface area contributed by atoms with Gasteiger partial charge in [-0.15, -0.1) is 0 Å². The molecule has 1 heteroatoms. The maximum absolute atomic E-state index is 13.9. The smallest absolute Gasteiger partial charge is 0.130 e. The average Bonchev–Trinajstić information content (AvgIpc) is 2.71. The largest absolute Gasteiger partial charge is 0.206 e. The molecule has 0 aliphatic heterocycles. The summed E-state index contributed by atoms with van der Waals surface area (Å²) in [7, 11) is 0. The molecule has 0 heterocycles. The Morgan fingerprint density at radius 1 is 0.846 bits per heavy atom. The van der Waals surface area contributed by atoms with E-state index in [0.29, 0.717) is 0 Å². The summed E-state index contributed by atoms with van der Waals surface area (Å²) in [6.45, 7) is 0. The minimum Gasteiger partial charge on any atom is -0.206 e. The molecule has 13 heavy (non-hydrogen) atoms. The highest BCUT2D eigenvalue weighted by molar-refractivity contribution is 5.44. The summed E-state index contributed by atoms with van der Waals surface area (Å²) in [6.07, 6.45) is 6.42. The molecule has 68 valence electrons. The molecule has 0 atom stereocenters. The first-order valence-corrected chi connectivity index (χ1v) is 5.18. The molecular formula is C12H13F. The fourth-order valence-electron chi connectivity index (χ4n) is 2.75. The quantitative estimate of drug-likeness (QED) is 0.570. The molecule has 0 aromatic heterocycles. The van der Waals surface area contributed by atoms with Crippen LogP contribution in [-0.2, 0) is 25.7 Å². The van der Waals surface area contributed by atoms with Crippen molar-refractivity contribution in [3.63, 3.8) is 0 Å². The molecule has 0 saturated heterocycles. The second kappa shape index (κ2) is 2.57. The first-order chi connectivity index (χ1) is 6.36. The van der Waals surface area contributed by atoms with Crippen LogP contribution in [0.3, 0.4) is 0 Å². The van der Waals surface area contributed by atoms with Crippen molar-refractivity contribution >= 4 is 0 Å². The second-order valence-electron chi connectivity index (χ2n) is 4.17. The van der Waals surface area contributed by atoms with Crippen LogP contribution < -0.4 is 0 Å². The molecule has 0 nitrogen and oxygen atoms in total. The van der Waals surface area contributed by atoms with Crippen molar-refractivity contribution in [1.29, 1.82) is 0 Å². The molecule has 1 aromatic carbocycles. The molecule has 0 unspecified atom stereocenters. The van der Waals surface area contributed by atoms with E-state index in [0.717, 1.165) is 49.7 Å². The lowest BCUT2D eigenvalue weighted by atomic mass is 10.0. The van der Waals surface area contributed by atoms with E-state index in [9.17, 15) is 4.39 Å². The summed E-state index contributed by atoms with van der Waals surface area (Å²) in [5.74, 6) is 0.141. The lowest BCUT2D eigenvalue weighted by molar-refractivity contribution is 0.598. The van der Waals surface area contributed by atoms with Crippen molar-refractivity contribution in [2.75, 3.05) is 0 Å². The molecule has 3 rings (SSSR count). The topological polar surface area (TPSA) is 0 Å². The number of hydrogen-bond acceptors (Lipinski definition) is 0. The van der Waals surface area contributed by atoms with Crippen molar-refractivity contribution in [3.05, 3.63) is 34.1 Å². The number of halogens is 1. The first-order valence-electron chi connectivity index (χ1n) is 5.18. The minimum absolute atomic E-state index is 0.141. The van der Waals surface area contributed by atoms with Gasteiger partial charge in [0.2, 0.25) is 0 Å². The lowest BCUT2D eigenvalue weighted by Gasteiger charge is -2.07. The third-order valence-corrected chi connectivity index (χ3v) is 3.40. The molecule has 2 aliphatic carbocycles. The first kappa shape index (κ1) is 7.54. The predicted octanol–water partition coefficient (Wildman–Crippen LogP) is 2.80. The summed E-state index contributed by atoms with van der Waals surface area (Å²) in [5, 5.41) is 0. The van der Waals surface area contributed by atoms with Gasteiger partial charge in [-0.25, -0.2) is 4.39 Å². The molecule has 0 spiro atoms. The molecule has 2 aliphatic rings. The Bertz CT molecular complexity index is 334. The van der Waals surface area contributed by atoms with Gasteiger partial charge in [0, 0.05) is 0 Å². The van der Waals surface area contributed by atoms with Crippen molar-refractivity contribution in [1.82, 2.24) is 0 Å². The van der Waals surface area contributed by atoms with Gasteiger partial charge in [-0.05, 0) is 60.8 Å². The fraction of sp³-hybridized carbons (Fsp3) is 0.500. The van der Waals surface area contributed by atoms with E-state index >= 15 is 0 Å². The third kappa shape index (κ3) is 0.962. The van der Waals surface area contributed by atoms with Gasteiger partial charge in [0.05, 0.1) is 0 Å². The van der Waals surface area contributed by atoms with E-state index in [1.807, 2.05) is 0 Å². The van der Waals surface area contributed by atoms with Crippen LogP contribution in [-0.4, -0.2) is 0 Å². The molecular weight excluding hydrogens is 163 g/mol. The van der Waals surface area contributed by atoms with Crippen molar-refractivity contribution < 1.29 is 4.39 Å². The van der Waals surface area contributed by atoms with Gasteiger partial charge in [0.1, 0.15) is 5.82 Å². The highest BCUT2D eigenvalue weighted by Gasteiger charge is 2.23.